The fraction of sp³-hybridized carbons (Fsp3) is 0.265. The zero-order valence-corrected chi connectivity index (χ0v) is 27.4. The van der Waals surface area contributed by atoms with Gasteiger partial charge in [-0.2, -0.15) is 9.78 Å². The van der Waals surface area contributed by atoms with E-state index in [4.69, 9.17) is 0 Å². The molecule has 4 heterocycles. The normalized spacial score (nSPS) is 17.2. The molecule has 1 aliphatic carbocycles. The van der Waals surface area contributed by atoms with Crippen molar-refractivity contribution in [2.75, 3.05) is 20.6 Å². The lowest BCUT2D eigenvalue weighted by Crippen LogP contribution is -2.42. The van der Waals surface area contributed by atoms with Crippen molar-refractivity contribution < 1.29 is 21.6 Å². The van der Waals surface area contributed by atoms with Crippen LogP contribution in [-0.2, 0) is 22.9 Å². The number of likely N-dealkylation sites (N-methyl/N-ethyl adjacent to an activating group) is 1. The standard InChI is InChI=1S/C34H33F3N6O4S/c1-22-16-24(27-18-30(44)41(15-14-40(3)4)21-28(27)23-8-6-5-7-9-23)10-12-33(22,2)48(46,47)43-29(17-25-11-13-38-32(45)31(25)43)26-19-39-42(20-26)34(35,36)37/h5-11,13,16-21H,12,14-15H2,1-4H3,(H,38,45). The van der Waals surface area contributed by atoms with Crippen LogP contribution in [0, 0.1) is 0 Å². The van der Waals surface area contributed by atoms with Crippen LogP contribution in [0.1, 0.15) is 25.8 Å². The molecule has 1 aliphatic rings. The van der Waals surface area contributed by atoms with E-state index in [0.717, 1.165) is 21.3 Å². The summed E-state index contributed by atoms with van der Waals surface area (Å²) in [5.41, 5.74) is 1.97. The molecule has 0 radical (unpaired) electrons. The quantitative estimate of drug-likeness (QED) is 0.234. The van der Waals surface area contributed by atoms with Crippen LogP contribution in [-0.4, -0.2) is 62.0 Å². The Morgan fingerprint density at radius 1 is 1.02 bits per heavy atom. The number of nitrogens with zero attached hydrogens (tertiary/aromatic N) is 5. The molecule has 0 amide bonds. The second kappa shape index (κ2) is 11.9. The van der Waals surface area contributed by atoms with Crippen molar-refractivity contribution in [2.24, 2.45) is 0 Å². The smallest absolute Gasteiger partial charge is 0.327 e. The Morgan fingerprint density at radius 3 is 2.40 bits per heavy atom. The van der Waals surface area contributed by atoms with Gasteiger partial charge in [-0.3, -0.25) is 9.59 Å². The highest BCUT2D eigenvalue weighted by Crippen LogP contribution is 2.43. The van der Waals surface area contributed by atoms with Crippen LogP contribution in [0.3, 0.4) is 0 Å². The van der Waals surface area contributed by atoms with Crippen molar-refractivity contribution in [2.45, 2.75) is 37.9 Å². The molecule has 0 saturated heterocycles. The van der Waals surface area contributed by atoms with Gasteiger partial charge in [0.15, 0.2) is 0 Å². The first-order valence-electron chi connectivity index (χ1n) is 15.1. The lowest BCUT2D eigenvalue weighted by atomic mass is 9.85. The summed E-state index contributed by atoms with van der Waals surface area (Å²) >= 11 is 0. The second-order valence-electron chi connectivity index (χ2n) is 12.3. The van der Waals surface area contributed by atoms with Gasteiger partial charge >= 0.3 is 6.30 Å². The number of fused-ring (bicyclic) bond motifs is 1. The summed E-state index contributed by atoms with van der Waals surface area (Å²) in [6, 6.07) is 14.0. The van der Waals surface area contributed by atoms with E-state index in [2.05, 4.69) is 10.1 Å². The van der Waals surface area contributed by atoms with Crippen molar-refractivity contribution in [3.05, 3.63) is 117 Å². The minimum absolute atomic E-state index is 0.0450. The number of hydrogen-bond donors (Lipinski definition) is 1. The first-order chi connectivity index (χ1) is 22.6. The average molecular weight is 679 g/mol. The van der Waals surface area contributed by atoms with Gasteiger partial charge < -0.3 is 14.5 Å². The highest BCUT2D eigenvalue weighted by molar-refractivity contribution is 7.91. The average Bonchev–Trinajstić information content (AvgIpc) is 3.69. The summed E-state index contributed by atoms with van der Waals surface area (Å²) in [6.07, 6.45) is 3.34. The topological polar surface area (TPSA) is 115 Å². The number of halogens is 3. The summed E-state index contributed by atoms with van der Waals surface area (Å²) in [5, 5.41) is 3.61. The number of aromatic nitrogens is 5. The molecule has 6 rings (SSSR count). The minimum Gasteiger partial charge on any atom is -0.327 e. The van der Waals surface area contributed by atoms with Crippen molar-refractivity contribution >= 4 is 26.5 Å². The van der Waals surface area contributed by atoms with Gasteiger partial charge in [0.05, 0.1) is 11.9 Å². The number of nitrogens with one attached hydrogen (secondary N) is 1. The maximum Gasteiger partial charge on any atom is 0.504 e. The van der Waals surface area contributed by atoms with Crippen LogP contribution in [0.15, 0.2) is 101 Å². The minimum atomic E-state index is -4.83. The van der Waals surface area contributed by atoms with Gasteiger partial charge in [0.25, 0.3) is 11.1 Å². The van der Waals surface area contributed by atoms with E-state index in [1.807, 2.05) is 55.5 Å². The zero-order valence-electron chi connectivity index (χ0n) is 26.6. The van der Waals surface area contributed by atoms with Crippen LogP contribution in [0.25, 0.3) is 38.9 Å². The molecule has 1 N–H and O–H groups in total. The third-order valence-corrected chi connectivity index (χ3v) is 11.3. The number of hydrogen-bond acceptors (Lipinski definition) is 6. The maximum atomic E-state index is 14.7. The molecule has 48 heavy (non-hydrogen) atoms. The molecule has 10 nitrogen and oxygen atoms in total. The molecule has 250 valence electrons. The number of pyridine rings is 2. The van der Waals surface area contributed by atoms with Gasteiger partial charge in [0, 0.05) is 54.3 Å². The van der Waals surface area contributed by atoms with Crippen LogP contribution < -0.4 is 11.1 Å². The molecule has 1 aromatic carbocycles. The SMILES string of the molecule is CC1=CC(c2cc(=O)n(CCN(C)C)cc2-c2ccccc2)=CCC1(C)S(=O)(=O)n1c(-c2cnn(C(F)(F)F)c2)cc2cc[nH]c(=O)c21. The number of H-pyrrole nitrogens is 1. The third-order valence-electron chi connectivity index (χ3n) is 8.86. The van der Waals surface area contributed by atoms with Crippen molar-refractivity contribution in [1.82, 2.24) is 28.2 Å². The molecule has 1 atom stereocenters. The van der Waals surface area contributed by atoms with Gasteiger partial charge in [0.2, 0.25) is 10.0 Å². The Balaban J connectivity index is 1.48. The summed E-state index contributed by atoms with van der Waals surface area (Å²) in [7, 11) is -0.675. The number of aromatic amines is 1. The van der Waals surface area contributed by atoms with E-state index < -0.39 is 26.6 Å². The molecular formula is C34H33F3N6O4S. The highest BCUT2D eigenvalue weighted by Gasteiger charge is 2.45. The molecule has 14 heteroatoms. The predicted molar refractivity (Wildman–Crippen MR) is 179 cm³/mol. The molecule has 4 aromatic heterocycles. The van der Waals surface area contributed by atoms with Gasteiger partial charge in [0.1, 0.15) is 10.3 Å². The number of rotatable bonds is 8. The number of allylic oxidation sites excluding steroid dienone is 3. The Morgan fingerprint density at radius 2 is 1.75 bits per heavy atom. The Bertz CT molecular complexity index is 2330. The van der Waals surface area contributed by atoms with E-state index in [-0.39, 0.29) is 38.8 Å². The summed E-state index contributed by atoms with van der Waals surface area (Å²) in [4.78, 5) is 30.8. The Kier molecular flexibility index (Phi) is 8.20. The molecule has 0 spiro atoms. The fourth-order valence-electron chi connectivity index (χ4n) is 5.93. The molecule has 0 fully saturated rings. The van der Waals surface area contributed by atoms with Gasteiger partial charge in [-0.1, -0.05) is 42.5 Å². The number of alkyl halides is 3. The van der Waals surface area contributed by atoms with E-state index in [0.29, 0.717) is 36.0 Å². The lowest BCUT2D eigenvalue weighted by molar-refractivity contribution is -0.212. The van der Waals surface area contributed by atoms with E-state index in [1.165, 1.54) is 25.3 Å². The van der Waals surface area contributed by atoms with Crippen LogP contribution in [0.2, 0.25) is 0 Å². The molecule has 0 bridgehead atoms. The Hall–Kier alpha value is -4.95. The van der Waals surface area contributed by atoms with Crippen molar-refractivity contribution in [3.8, 4) is 22.4 Å². The van der Waals surface area contributed by atoms with E-state index in [1.54, 1.807) is 29.7 Å². The van der Waals surface area contributed by atoms with E-state index in [9.17, 15) is 31.2 Å². The predicted octanol–water partition coefficient (Wildman–Crippen LogP) is 5.43. The molecule has 0 aliphatic heterocycles. The van der Waals surface area contributed by atoms with Crippen LogP contribution >= 0.6 is 0 Å². The van der Waals surface area contributed by atoms with Gasteiger partial charge in [-0.25, -0.2) is 12.4 Å². The fourth-order valence-corrected chi connectivity index (χ4v) is 7.94. The lowest BCUT2D eigenvalue weighted by Gasteiger charge is -2.34. The summed E-state index contributed by atoms with van der Waals surface area (Å²) in [6.45, 7) is 4.30. The molecule has 5 aromatic rings. The summed E-state index contributed by atoms with van der Waals surface area (Å²) < 4.78 is 70.4. The largest absolute Gasteiger partial charge is 0.504 e. The van der Waals surface area contributed by atoms with Gasteiger partial charge in [-0.05, 0) is 68.8 Å². The summed E-state index contributed by atoms with van der Waals surface area (Å²) in [5.74, 6) is 0. The first-order valence-corrected chi connectivity index (χ1v) is 16.5. The third kappa shape index (κ3) is 5.64. The first kappa shape index (κ1) is 33.0. The molecule has 1 unspecified atom stereocenters. The van der Waals surface area contributed by atoms with Crippen molar-refractivity contribution in [1.29, 1.82) is 0 Å². The van der Waals surface area contributed by atoms with Crippen LogP contribution in [0.5, 0.6) is 0 Å². The molecular weight excluding hydrogens is 645 g/mol. The van der Waals surface area contributed by atoms with Crippen LogP contribution in [0.4, 0.5) is 13.2 Å². The number of benzene rings is 1. The van der Waals surface area contributed by atoms with Crippen molar-refractivity contribution in [3.63, 3.8) is 0 Å². The highest BCUT2D eigenvalue weighted by atomic mass is 32.2. The molecule has 0 saturated carbocycles. The zero-order chi connectivity index (χ0) is 34.6. The Labute approximate surface area is 274 Å². The van der Waals surface area contributed by atoms with Gasteiger partial charge in [-0.15, -0.1) is 13.2 Å². The maximum absolute atomic E-state index is 14.7. The monoisotopic (exact) mass is 678 g/mol. The van der Waals surface area contributed by atoms with E-state index >= 15 is 0 Å². The second-order valence-corrected chi connectivity index (χ2v) is 14.5.